The van der Waals surface area contributed by atoms with Gasteiger partial charge in [0.2, 0.25) is 0 Å². The molecule has 3 aliphatic heterocycles. The van der Waals surface area contributed by atoms with Crippen molar-refractivity contribution in [1.82, 2.24) is 9.47 Å². The summed E-state index contributed by atoms with van der Waals surface area (Å²) in [5, 5.41) is 11.9. The molecule has 0 radical (unpaired) electrons. The third-order valence-electron chi connectivity index (χ3n) is 6.63. The van der Waals surface area contributed by atoms with E-state index in [1.807, 2.05) is 10.6 Å². The summed E-state index contributed by atoms with van der Waals surface area (Å²) in [7, 11) is 0. The van der Waals surface area contributed by atoms with Crippen LogP contribution in [-0.4, -0.2) is 46.5 Å². The Labute approximate surface area is 173 Å². The first-order valence-corrected chi connectivity index (χ1v) is 10.5. The normalized spacial score (nSPS) is 22.7. The molecule has 2 aromatic rings. The van der Waals surface area contributed by atoms with E-state index in [1.54, 1.807) is 29.2 Å². The van der Waals surface area contributed by atoms with Gasteiger partial charge in [-0.25, -0.2) is 0 Å². The number of amides is 1. The summed E-state index contributed by atoms with van der Waals surface area (Å²) in [5.74, 6) is 0.296. The summed E-state index contributed by atoms with van der Waals surface area (Å²) in [4.78, 5) is 40.2. The Balaban J connectivity index is 1.46. The number of fused-ring (bicyclic) bond motifs is 4. The zero-order chi connectivity index (χ0) is 20.8. The van der Waals surface area contributed by atoms with Crippen molar-refractivity contribution in [1.29, 1.82) is 0 Å². The summed E-state index contributed by atoms with van der Waals surface area (Å²) in [6.45, 7) is 3.35. The number of carbonyl (C=O) groups is 1. The van der Waals surface area contributed by atoms with E-state index in [2.05, 4.69) is 4.90 Å². The highest BCUT2D eigenvalue weighted by Crippen LogP contribution is 2.39. The number of hydrogen-bond donors (Lipinski definition) is 0. The molecular formula is C22H24N4O4. The topological polar surface area (TPSA) is 88.7 Å². The monoisotopic (exact) mass is 408 g/mol. The number of carbonyl (C=O) groups excluding carboxylic acids is 1. The second-order valence-corrected chi connectivity index (χ2v) is 8.56. The minimum atomic E-state index is -0.390. The highest BCUT2D eigenvalue weighted by Gasteiger charge is 2.36. The third kappa shape index (κ3) is 3.16. The van der Waals surface area contributed by atoms with Gasteiger partial charge in [-0.05, 0) is 43.4 Å². The number of piperidine rings is 1. The molecule has 0 saturated carbocycles. The summed E-state index contributed by atoms with van der Waals surface area (Å²) < 4.78 is 1.85. The van der Waals surface area contributed by atoms with Crippen LogP contribution in [0.1, 0.15) is 41.2 Å². The second kappa shape index (κ2) is 7.27. The van der Waals surface area contributed by atoms with E-state index in [4.69, 9.17) is 0 Å². The Hall–Kier alpha value is -3.16. The van der Waals surface area contributed by atoms with E-state index in [1.165, 1.54) is 6.07 Å². The minimum Gasteiger partial charge on any atom is -0.365 e. The standard InChI is InChI=1S/C22H24N4O4/c27-21-5-3-4-18-17-10-15(13-25(18)21)12-24(14-17)19-7-6-16(11-20(19)26(29)30)22(28)23-8-1-2-9-23/h3-7,11,15,17H,1-2,8-10,12-14H2/t15-,17+/m1/s1. The number of hydrogen-bond acceptors (Lipinski definition) is 5. The lowest BCUT2D eigenvalue weighted by atomic mass is 9.83. The predicted molar refractivity (Wildman–Crippen MR) is 112 cm³/mol. The van der Waals surface area contributed by atoms with Crippen LogP contribution in [0, 0.1) is 16.0 Å². The van der Waals surface area contributed by atoms with E-state index in [9.17, 15) is 19.7 Å². The van der Waals surface area contributed by atoms with Crippen molar-refractivity contribution < 1.29 is 9.72 Å². The maximum atomic E-state index is 12.7. The van der Waals surface area contributed by atoms with Crippen LogP contribution < -0.4 is 10.5 Å². The van der Waals surface area contributed by atoms with Gasteiger partial charge in [0.05, 0.1) is 4.92 Å². The molecule has 156 valence electrons. The molecule has 8 heteroatoms. The first-order chi connectivity index (χ1) is 14.5. The molecule has 8 nitrogen and oxygen atoms in total. The van der Waals surface area contributed by atoms with Crippen molar-refractivity contribution in [3.8, 4) is 0 Å². The quantitative estimate of drug-likeness (QED) is 0.575. The molecule has 2 fully saturated rings. The molecule has 3 aliphatic rings. The Morgan fingerprint density at radius 1 is 1.07 bits per heavy atom. The highest BCUT2D eigenvalue weighted by atomic mass is 16.6. The van der Waals surface area contributed by atoms with Crippen molar-refractivity contribution >= 4 is 17.3 Å². The average molecular weight is 408 g/mol. The molecule has 2 bridgehead atoms. The average Bonchev–Trinajstić information content (AvgIpc) is 3.28. The molecule has 2 saturated heterocycles. The van der Waals surface area contributed by atoms with Crippen molar-refractivity contribution in [2.75, 3.05) is 31.1 Å². The number of nitro benzene ring substituents is 1. The van der Waals surface area contributed by atoms with E-state index < -0.39 is 0 Å². The van der Waals surface area contributed by atoms with Gasteiger partial charge in [-0.1, -0.05) is 6.07 Å². The molecule has 2 atom stereocenters. The lowest BCUT2D eigenvalue weighted by Crippen LogP contribution is -2.47. The predicted octanol–water partition coefficient (Wildman–Crippen LogP) is 2.62. The van der Waals surface area contributed by atoms with E-state index in [0.29, 0.717) is 44.0 Å². The zero-order valence-corrected chi connectivity index (χ0v) is 16.7. The molecule has 30 heavy (non-hydrogen) atoms. The number of benzene rings is 1. The van der Waals surface area contributed by atoms with Gasteiger partial charge < -0.3 is 14.4 Å². The molecule has 0 aliphatic carbocycles. The van der Waals surface area contributed by atoms with Crippen molar-refractivity contribution in [3.63, 3.8) is 0 Å². The molecule has 0 N–H and O–H groups in total. The zero-order valence-electron chi connectivity index (χ0n) is 16.7. The van der Waals surface area contributed by atoms with Crippen LogP contribution in [0.25, 0.3) is 0 Å². The lowest BCUT2D eigenvalue weighted by molar-refractivity contribution is -0.384. The van der Waals surface area contributed by atoms with Gasteiger partial charge >= 0.3 is 0 Å². The van der Waals surface area contributed by atoms with Gasteiger partial charge in [0, 0.05) is 62.0 Å². The largest absolute Gasteiger partial charge is 0.365 e. The van der Waals surface area contributed by atoms with Crippen LogP contribution in [0.15, 0.2) is 41.2 Å². The summed E-state index contributed by atoms with van der Waals surface area (Å²) in [5.41, 5.74) is 1.93. The summed E-state index contributed by atoms with van der Waals surface area (Å²) in [6.07, 6.45) is 2.94. The van der Waals surface area contributed by atoms with Crippen LogP contribution in [0.5, 0.6) is 0 Å². The number of nitrogens with zero attached hydrogens (tertiary/aromatic N) is 4. The van der Waals surface area contributed by atoms with Crippen LogP contribution in [0.2, 0.25) is 0 Å². The van der Waals surface area contributed by atoms with Crippen molar-refractivity contribution in [2.24, 2.45) is 5.92 Å². The molecule has 0 unspecified atom stereocenters. The number of anilines is 1. The third-order valence-corrected chi connectivity index (χ3v) is 6.63. The molecular weight excluding hydrogens is 384 g/mol. The molecule has 1 aromatic carbocycles. The Morgan fingerprint density at radius 3 is 2.63 bits per heavy atom. The second-order valence-electron chi connectivity index (χ2n) is 8.56. The maximum absolute atomic E-state index is 12.7. The fourth-order valence-electron chi connectivity index (χ4n) is 5.27. The van der Waals surface area contributed by atoms with Gasteiger partial charge in [0.1, 0.15) is 5.69 Å². The number of pyridine rings is 1. The van der Waals surface area contributed by atoms with E-state index in [-0.39, 0.29) is 33.9 Å². The molecule has 1 aromatic heterocycles. The molecule has 4 heterocycles. The Kier molecular flexibility index (Phi) is 4.56. The minimum absolute atomic E-state index is 0.0198. The van der Waals surface area contributed by atoms with Crippen molar-refractivity contribution in [3.05, 3.63) is 68.1 Å². The smallest absolute Gasteiger partial charge is 0.293 e. The number of likely N-dealkylation sites (tertiary alicyclic amines) is 1. The fourth-order valence-corrected chi connectivity index (χ4v) is 5.27. The summed E-state index contributed by atoms with van der Waals surface area (Å²) in [6, 6.07) is 10.2. The lowest BCUT2D eigenvalue weighted by Gasteiger charge is -2.43. The molecule has 0 spiro atoms. The number of nitro groups is 1. The van der Waals surface area contributed by atoms with E-state index in [0.717, 1.165) is 25.0 Å². The van der Waals surface area contributed by atoms with Gasteiger partial charge in [-0.15, -0.1) is 0 Å². The number of rotatable bonds is 3. The fraction of sp³-hybridized carbons (Fsp3) is 0.455. The first kappa shape index (κ1) is 18.8. The maximum Gasteiger partial charge on any atom is 0.293 e. The van der Waals surface area contributed by atoms with Gasteiger partial charge in [-0.2, -0.15) is 0 Å². The Bertz CT molecular complexity index is 1070. The number of aromatic nitrogens is 1. The van der Waals surface area contributed by atoms with Gasteiger partial charge in [-0.3, -0.25) is 19.7 Å². The van der Waals surface area contributed by atoms with Crippen LogP contribution >= 0.6 is 0 Å². The summed E-state index contributed by atoms with van der Waals surface area (Å²) >= 11 is 0. The highest BCUT2D eigenvalue weighted by molar-refractivity contribution is 5.96. The SMILES string of the molecule is O=C(c1ccc(N2C[C@H]3C[C@@H](C2)c2cccc(=O)n2C3)c([N+](=O)[O-])c1)N1CCCC1. The van der Waals surface area contributed by atoms with Crippen LogP contribution in [0.3, 0.4) is 0 Å². The van der Waals surface area contributed by atoms with Gasteiger partial charge in [0.15, 0.2) is 0 Å². The van der Waals surface area contributed by atoms with Crippen LogP contribution in [0.4, 0.5) is 11.4 Å². The van der Waals surface area contributed by atoms with Crippen LogP contribution in [-0.2, 0) is 6.54 Å². The van der Waals surface area contributed by atoms with Crippen molar-refractivity contribution in [2.45, 2.75) is 31.7 Å². The Morgan fingerprint density at radius 2 is 1.87 bits per heavy atom. The molecule has 1 amide bonds. The van der Waals surface area contributed by atoms with Gasteiger partial charge in [0.25, 0.3) is 17.2 Å². The first-order valence-electron chi connectivity index (χ1n) is 10.5. The molecule has 5 rings (SSSR count). The van der Waals surface area contributed by atoms with E-state index >= 15 is 0 Å².